The van der Waals surface area contributed by atoms with Crippen LogP contribution in [-0.4, -0.2) is 24.4 Å². The van der Waals surface area contributed by atoms with E-state index in [9.17, 15) is 4.79 Å². The maximum Gasteiger partial charge on any atom is 0.227 e. The van der Waals surface area contributed by atoms with Crippen LogP contribution < -0.4 is 11.2 Å². The van der Waals surface area contributed by atoms with Crippen molar-refractivity contribution in [1.82, 2.24) is 5.43 Å². The van der Waals surface area contributed by atoms with Crippen molar-refractivity contribution in [3.8, 4) is 0 Å². The van der Waals surface area contributed by atoms with Gasteiger partial charge in [0.05, 0.1) is 11.4 Å². The largest absolute Gasteiger partial charge is 0.397 e. The molecular formula is C13H22N4O. The zero-order chi connectivity index (χ0) is 13.5. The number of hydrogen-bond donors (Lipinski definition) is 2. The molecule has 0 aromatic carbocycles. The second-order valence-corrected chi connectivity index (χ2v) is 4.86. The quantitative estimate of drug-likeness (QED) is 0.426. The molecule has 0 saturated heterocycles. The van der Waals surface area contributed by atoms with Crippen LogP contribution in [0.2, 0.25) is 0 Å². The number of nitrogens with zero attached hydrogens (tertiary/aromatic N) is 2. The normalized spacial score (nSPS) is 18.8. The summed E-state index contributed by atoms with van der Waals surface area (Å²) in [6.07, 6.45) is 5.96. The second-order valence-electron chi connectivity index (χ2n) is 4.86. The molecule has 0 spiro atoms. The topological polar surface area (TPSA) is 79.8 Å². The molecule has 1 amide bonds. The van der Waals surface area contributed by atoms with E-state index in [0.29, 0.717) is 23.9 Å². The molecule has 0 aromatic rings. The van der Waals surface area contributed by atoms with Crippen molar-refractivity contribution in [3.63, 3.8) is 0 Å². The summed E-state index contributed by atoms with van der Waals surface area (Å²) in [4.78, 5) is 14.7. The van der Waals surface area contributed by atoms with Crippen LogP contribution in [0.25, 0.3) is 0 Å². The molecule has 1 rings (SSSR count). The van der Waals surface area contributed by atoms with Gasteiger partial charge in [-0.15, -0.1) is 0 Å². The first kappa shape index (κ1) is 14.4. The number of hydrogen-bond acceptors (Lipinski definition) is 4. The third-order valence-electron chi connectivity index (χ3n) is 3.04. The monoisotopic (exact) mass is 250 g/mol. The van der Waals surface area contributed by atoms with E-state index in [1.807, 2.05) is 27.0 Å². The predicted molar refractivity (Wildman–Crippen MR) is 74.5 cm³/mol. The third-order valence-corrected chi connectivity index (χ3v) is 3.04. The minimum absolute atomic E-state index is 0.143. The Morgan fingerprint density at radius 1 is 1.44 bits per heavy atom. The number of nitrogens with one attached hydrogen (secondary N) is 1. The maximum atomic E-state index is 10.3. The molecular weight excluding hydrogens is 228 g/mol. The van der Waals surface area contributed by atoms with Gasteiger partial charge in [0.25, 0.3) is 0 Å². The molecule has 0 bridgehead atoms. The molecule has 0 heterocycles. The highest BCUT2D eigenvalue weighted by molar-refractivity contribution is 6.05. The molecule has 0 atom stereocenters. The summed E-state index contributed by atoms with van der Waals surface area (Å²) in [5.41, 5.74) is 10.5. The number of hydrazone groups is 1. The van der Waals surface area contributed by atoms with E-state index in [2.05, 4.69) is 15.5 Å². The van der Waals surface area contributed by atoms with Gasteiger partial charge in [-0.1, -0.05) is 13.8 Å². The molecule has 100 valence electrons. The van der Waals surface area contributed by atoms with Crippen molar-refractivity contribution in [2.75, 3.05) is 0 Å². The molecule has 0 aliphatic heterocycles. The van der Waals surface area contributed by atoms with Crippen molar-refractivity contribution in [2.45, 2.75) is 46.1 Å². The summed E-state index contributed by atoms with van der Waals surface area (Å²) in [5.74, 6) is 0.143. The Bertz CT molecular complexity index is 378. The van der Waals surface area contributed by atoms with Crippen molar-refractivity contribution in [3.05, 3.63) is 11.3 Å². The van der Waals surface area contributed by atoms with Crippen LogP contribution in [0.3, 0.4) is 0 Å². The lowest BCUT2D eigenvalue weighted by atomic mass is 9.94. The van der Waals surface area contributed by atoms with Gasteiger partial charge in [0.2, 0.25) is 6.41 Å². The number of carbonyl (C=O) groups excluding carboxylic acids is 1. The minimum atomic E-state index is 0.143. The number of rotatable bonds is 6. The van der Waals surface area contributed by atoms with Crippen molar-refractivity contribution < 1.29 is 4.79 Å². The van der Waals surface area contributed by atoms with Crippen LogP contribution in [0, 0.1) is 5.92 Å². The molecule has 0 radical (unpaired) electrons. The molecule has 1 aliphatic rings. The van der Waals surface area contributed by atoms with Crippen LogP contribution in [0.5, 0.6) is 0 Å². The molecule has 1 saturated carbocycles. The zero-order valence-electron chi connectivity index (χ0n) is 11.3. The van der Waals surface area contributed by atoms with Crippen LogP contribution in [0.1, 0.15) is 40.0 Å². The van der Waals surface area contributed by atoms with E-state index in [1.165, 1.54) is 19.3 Å². The second kappa shape index (κ2) is 6.93. The molecule has 5 nitrogen and oxygen atoms in total. The molecule has 18 heavy (non-hydrogen) atoms. The lowest BCUT2D eigenvalue weighted by Gasteiger charge is -2.20. The number of aliphatic imine (C=N–C) groups is 1. The molecule has 5 heteroatoms. The van der Waals surface area contributed by atoms with Gasteiger partial charge in [-0.25, -0.2) is 5.43 Å². The maximum absolute atomic E-state index is 10.3. The number of allylic oxidation sites excluding steroid dienone is 2. The molecule has 3 N–H and O–H groups in total. The lowest BCUT2D eigenvalue weighted by Crippen LogP contribution is -2.23. The Morgan fingerprint density at radius 3 is 2.56 bits per heavy atom. The highest BCUT2D eigenvalue weighted by Gasteiger charge is 2.15. The van der Waals surface area contributed by atoms with Crippen molar-refractivity contribution in [2.24, 2.45) is 21.7 Å². The number of nitrogens with two attached hydrogens (primary N) is 1. The first-order valence-corrected chi connectivity index (χ1v) is 6.33. The van der Waals surface area contributed by atoms with Gasteiger partial charge < -0.3 is 5.73 Å². The van der Waals surface area contributed by atoms with Crippen molar-refractivity contribution in [1.29, 1.82) is 0 Å². The minimum Gasteiger partial charge on any atom is -0.397 e. The molecule has 0 unspecified atom stereocenters. The predicted octanol–water partition coefficient (Wildman–Crippen LogP) is 1.60. The third kappa shape index (κ3) is 3.98. The first-order valence-electron chi connectivity index (χ1n) is 6.33. The average Bonchev–Trinajstić information content (AvgIpc) is 2.26. The SMILES string of the molecule is C/C(C=NC1CCC1)=C(N)\C(=N/NC=O)C(C)C. The van der Waals surface area contributed by atoms with E-state index in [0.717, 1.165) is 5.57 Å². The van der Waals surface area contributed by atoms with E-state index in [1.54, 1.807) is 0 Å². The highest BCUT2D eigenvalue weighted by Crippen LogP contribution is 2.21. The van der Waals surface area contributed by atoms with Gasteiger partial charge in [-0.05, 0) is 37.7 Å². The summed E-state index contributed by atoms with van der Waals surface area (Å²) in [6, 6.07) is 0.459. The standard InChI is InChI=1S/C13H22N4O/c1-9(2)13(17-16-8-18)12(14)10(3)7-15-11-5-4-6-11/h7-9,11H,4-6,14H2,1-3H3,(H,16,18)/b12-10-,15-7?,17-13-. The lowest BCUT2D eigenvalue weighted by molar-refractivity contribution is -0.109. The smallest absolute Gasteiger partial charge is 0.227 e. The van der Waals surface area contributed by atoms with E-state index >= 15 is 0 Å². The van der Waals surface area contributed by atoms with E-state index in [4.69, 9.17) is 5.73 Å². The van der Waals surface area contributed by atoms with E-state index in [-0.39, 0.29) is 5.92 Å². The number of carbonyl (C=O) groups is 1. The fourth-order valence-electron chi connectivity index (χ4n) is 1.62. The Kier molecular flexibility index (Phi) is 5.55. The van der Waals surface area contributed by atoms with Gasteiger partial charge in [0.15, 0.2) is 0 Å². The van der Waals surface area contributed by atoms with Gasteiger partial charge >= 0.3 is 0 Å². The van der Waals surface area contributed by atoms with Gasteiger partial charge in [0.1, 0.15) is 0 Å². The Balaban J connectivity index is 2.80. The van der Waals surface area contributed by atoms with Gasteiger partial charge in [0, 0.05) is 12.3 Å². The summed E-state index contributed by atoms with van der Waals surface area (Å²) >= 11 is 0. The molecule has 1 fully saturated rings. The van der Waals surface area contributed by atoms with Crippen LogP contribution in [0.4, 0.5) is 0 Å². The van der Waals surface area contributed by atoms with E-state index < -0.39 is 0 Å². The molecule has 0 aromatic heterocycles. The Hall–Kier alpha value is -1.65. The molecule has 1 aliphatic carbocycles. The van der Waals surface area contributed by atoms with Crippen molar-refractivity contribution >= 4 is 18.3 Å². The summed E-state index contributed by atoms with van der Waals surface area (Å²) in [6.45, 7) is 5.87. The fraction of sp³-hybridized carbons (Fsp3) is 0.615. The summed E-state index contributed by atoms with van der Waals surface area (Å²) in [7, 11) is 0. The Labute approximate surface area is 108 Å². The van der Waals surface area contributed by atoms with Gasteiger partial charge in [-0.2, -0.15) is 5.10 Å². The fourth-order valence-corrected chi connectivity index (χ4v) is 1.62. The van der Waals surface area contributed by atoms with Gasteiger partial charge in [-0.3, -0.25) is 9.79 Å². The van der Waals surface area contributed by atoms with Crippen LogP contribution in [0.15, 0.2) is 21.4 Å². The number of amides is 1. The summed E-state index contributed by atoms with van der Waals surface area (Å²) < 4.78 is 0. The van der Waals surface area contributed by atoms with Crippen LogP contribution in [-0.2, 0) is 4.79 Å². The first-order chi connectivity index (χ1) is 8.56. The Morgan fingerprint density at radius 2 is 2.11 bits per heavy atom. The average molecular weight is 250 g/mol. The zero-order valence-corrected chi connectivity index (χ0v) is 11.3. The summed E-state index contributed by atoms with van der Waals surface area (Å²) in [5, 5.41) is 3.98. The highest BCUT2D eigenvalue weighted by atomic mass is 16.1. The van der Waals surface area contributed by atoms with Crippen LogP contribution >= 0.6 is 0 Å².